The van der Waals surface area contributed by atoms with E-state index in [0.717, 1.165) is 0 Å². The molecule has 1 aliphatic heterocycles. The number of amides is 3. The van der Waals surface area contributed by atoms with E-state index < -0.39 is 11.9 Å². The second kappa shape index (κ2) is 5.60. The maximum absolute atomic E-state index is 11.5. The van der Waals surface area contributed by atoms with Crippen LogP contribution < -0.4 is 16.4 Å². The topological polar surface area (TPSA) is 101 Å². The van der Waals surface area contributed by atoms with Crippen LogP contribution in [0.2, 0.25) is 0 Å². The molecule has 0 aromatic heterocycles. The number of nitrogens with two attached hydrogens (primary N) is 1. The van der Waals surface area contributed by atoms with Crippen molar-refractivity contribution in [2.24, 2.45) is 5.73 Å². The molecular weight excluding hydrogens is 210 g/mol. The molecule has 0 aromatic carbocycles. The Morgan fingerprint density at radius 1 is 1.62 bits per heavy atom. The molecular formula is C10H17N3O3. The van der Waals surface area contributed by atoms with E-state index in [1.807, 2.05) is 6.92 Å². The predicted octanol–water partition coefficient (Wildman–Crippen LogP) is -0.965. The highest BCUT2D eigenvalue weighted by Gasteiger charge is 2.27. The monoisotopic (exact) mass is 227 g/mol. The van der Waals surface area contributed by atoms with Crippen molar-refractivity contribution < 1.29 is 14.4 Å². The summed E-state index contributed by atoms with van der Waals surface area (Å²) in [5, 5.41) is 4.75. The summed E-state index contributed by atoms with van der Waals surface area (Å²) in [6.45, 7) is 1.89. The van der Waals surface area contributed by atoms with Crippen LogP contribution in [-0.4, -0.2) is 29.8 Å². The Morgan fingerprint density at radius 2 is 2.31 bits per heavy atom. The molecule has 0 spiro atoms. The van der Waals surface area contributed by atoms with Crippen molar-refractivity contribution in [2.75, 3.05) is 0 Å². The first-order chi connectivity index (χ1) is 7.52. The second-order valence-corrected chi connectivity index (χ2v) is 3.94. The lowest BCUT2D eigenvalue weighted by atomic mass is 10.1. The molecule has 3 amide bonds. The van der Waals surface area contributed by atoms with Crippen molar-refractivity contribution in [1.29, 1.82) is 0 Å². The Morgan fingerprint density at radius 3 is 2.88 bits per heavy atom. The van der Waals surface area contributed by atoms with Gasteiger partial charge in [-0.3, -0.25) is 19.7 Å². The Labute approximate surface area is 93.9 Å². The van der Waals surface area contributed by atoms with Crippen LogP contribution >= 0.6 is 0 Å². The lowest BCUT2D eigenvalue weighted by Crippen LogP contribution is -2.52. The van der Waals surface area contributed by atoms with Gasteiger partial charge in [-0.2, -0.15) is 0 Å². The van der Waals surface area contributed by atoms with Gasteiger partial charge in [-0.1, -0.05) is 6.92 Å². The van der Waals surface area contributed by atoms with Gasteiger partial charge in [0, 0.05) is 18.9 Å². The zero-order valence-corrected chi connectivity index (χ0v) is 9.29. The summed E-state index contributed by atoms with van der Waals surface area (Å²) in [5.74, 6) is -0.973. The van der Waals surface area contributed by atoms with E-state index in [-0.39, 0.29) is 30.7 Å². The van der Waals surface area contributed by atoms with Gasteiger partial charge in [-0.25, -0.2) is 0 Å². The molecule has 6 heteroatoms. The summed E-state index contributed by atoms with van der Waals surface area (Å²) in [6.07, 6.45) is 1.53. The molecule has 1 aliphatic rings. The van der Waals surface area contributed by atoms with Gasteiger partial charge >= 0.3 is 0 Å². The summed E-state index contributed by atoms with van der Waals surface area (Å²) in [6, 6.07) is -0.789. The van der Waals surface area contributed by atoms with Crippen molar-refractivity contribution in [3.05, 3.63) is 0 Å². The fourth-order valence-corrected chi connectivity index (χ4v) is 1.47. The number of hydrogen-bond acceptors (Lipinski definition) is 4. The first-order valence-corrected chi connectivity index (χ1v) is 5.41. The van der Waals surface area contributed by atoms with Crippen LogP contribution in [0.5, 0.6) is 0 Å². The average molecular weight is 227 g/mol. The number of rotatable bonds is 4. The van der Waals surface area contributed by atoms with Gasteiger partial charge in [0.25, 0.3) is 0 Å². The Kier molecular flexibility index (Phi) is 4.42. The summed E-state index contributed by atoms with van der Waals surface area (Å²) in [5.41, 5.74) is 5.62. The Bertz CT molecular complexity index is 304. The fourth-order valence-electron chi connectivity index (χ4n) is 1.47. The van der Waals surface area contributed by atoms with Gasteiger partial charge in [0.1, 0.15) is 6.04 Å². The summed E-state index contributed by atoms with van der Waals surface area (Å²) < 4.78 is 0. The molecule has 1 saturated heterocycles. The molecule has 0 radical (unpaired) electrons. The fraction of sp³-hybridized carbons (Fsp3) is 0.700. The van der Waals surface area contributed by atoms with E-state index in [1.54, 1.807) is 0 Å². The highest BCUT2D eigenvalue weighted by atomic mass is 16.2. The molecule has 4 N–H and O–H groups in total. The molecule has 1 fully saturated rings. The van der Waals surface area contributed by atoms with E-state index in [4.69, 9.17) is 5.73 Å². The number of hydrogen-bond donors (Lipinski definition) is 3. The summed E-state index contributed by atoms with van der Waals surface area (Å²) >= 11 is 0. The van der Waals surface area contributed by atoms with Gasteiger partial charge in [0.2, 0.25) is 17.7 Å². The standard InChI is InChI=1S/C10H17N3O3/c1-2-6(11)5-9(15)12-7-3-4-8(14)13-10(7)16/h6-7H,2-5,11H2,1H3,(H,12,15)(H,13,14,16). The predicted molar refractivity (Wildman–Crippen MR) is 57.2 cm³/mol. The number of carbonyl (C=O) groups excluding carboxylic acids is 3. The van der Waals surface area contributed by atoms with Crippen molar-refractivity contribution >= 4 is 17.7 Å². The highest BCUT2D eigenvalue weighted by Crippen LogP contribution is 2.05. The minimum atomic E-state index is -0.603. The molecule has 2 unspecified atom stereocenters. The first kappa shape index (κ1) is 12.6. The molecule has 0 aromatic rings. The van der Waals surface area contributed by atoms with E-state index in [1.165, 1.54) is 0 Å². The van der Waals surface area contributed by atoms with Crippen LogP contribution in [0.25, 0.3) is 0 Å². The van der Waals surface area contributed by atoms with Crippen molar-refractivity contribution in [1.82, 2.24) is 10.6 Å². The first-order valence-electron chi connectivity index (χ1n) is 5.41. The van der Waals surface area contributed by atoms with Crippen LogP contribution in [-0.2, 0) is 14.4 Å². The van der Waals surface area contributed by atoms with Gasteiger partial charge in [0.05, 0.1) is 0 Å². The molecule has 0 aliphatic carbocycles. The maximum Gasteiger partial charge on any atom is 0.249 e. The van der Waals surface area contributed by atoms with Gasteiger partial charge in [-0.15, -0.1) is 0 Å². The molecule has 1 rings (SSSR count). The van der Waals surface area contributed by atoms with E-state index >= 15 is 0 Å². The summed E-state index contributed by atoms with van der Waals surface area (Å²) in [4.78, 5) is 33.6. The second-order valence-electron chi connectivity index (χ2n) is 3.94. The minimum absolute atomic E-state index is 0.187. The largest absolute Gasteiger partial charge is 0.344 e. The minimum Gasteiger partial charge on any atom is -0.344 e. The van der Waals surface area contributed by atoms with Crippen LogP contribution in [0.4, 0.5) is 0 Å². The third kappa shape index (κ3) is 3.62. The maximum atomic E-state index is 11.5. The zero-order chi connectivity index (χ0) is 12.1. The van der Waals surface area contributed by atoms with E-state index in [9.17, 15) is 14.4 Å². The van der Waals surface area contributed by atoms with E-state index in [0.29, 0.717) is 12.8 Å². The van der Waals surface area contributed by atoms with Crippen molar-refractivity contribution in [2.45, 2.75) is 44.7 Å². The normalized spacial score (nSPS) is 22.5. The third-order valence-electron chi connectivity index (χ3n) is 2.55. The van der Waals surface area contributed by atoms with Crippen LogP contribution in [0, 0.1) is 0 Å². The van der Waals surface area contributed by atoms with Crippen molar-refractivity contribution in [3.63, 3.8) is 0 Å². The number of piperidine rings is 1. The van der Waals surface area contributed by atoms with Gasteiger partial charge in [-0.05, 0) is 12.8 Å². The molecule has 16 heavy (non-hydrogen) atoms. The molecule has 0 saturated carbocycles. The van der Waals surface area contributed by atoms with Gasteiger partial charge in [0.15, 0.2) is 0 Å². The summed E-state index contributed by atoms with van der Waals surface area (Å²) in [7, 11) is 0. The Balaban J connectivity index is 2.39. The SMILES string of the molecule is CCC(N)CC(=O)NC1CCC(=O)NC1=O. The van der Waals surface area contributed by atoms with Crippen LogP contribution in [0.1, 0.15) is 32.6 Å². The molecule has 90 valence electrons. The molecule has 0 bridgehead atoms. The van der Waals surface area contributed by atoms with Crippen LogP contribution in [0.3, 0.4) is 0 Å². The molecule has 2 atom stereocenters. The van der Waals surface area contributed by atoms with E-state index in [2.05, 4.69) is 10.6 Å². The van der Waals surface area contributed by atoms with Gasteiger partial charge < -0.3 is 11.1 Å². The average Bonchev–Trinajstić information content (AvgIpc) is 2.22. The Hall–Kier alpha value is -1.43. The lowest BCUT2D eigenvalue weighted by molar-refractivity contribution is -0.137. The third-order valence-corrected chi connectivity index (χ3v) is 2.55. The number of imide groups is 1. The lowest BCUT2D eigenvalue weighted by Gasteiger charge is -2.22. The van der Waals surface area contributed by atoms with Crippen molar-refractivity contribution in [3.8, 4) is 0 Å². The number of nitrogens with one attached hydrogen (secondary N) is 2. The quantitative estimate of drug-likeness (QED) is 0.538. The highest BCUT2D eigenvalue weighted by molar-refractivity contribution is 6.01. The van der Waals surface area contributed by atoms with Crippen LogP contribution in [0.15, 0.2) is 0 Å². The number of carbonyl (C=O) groups is 3. The smallest absolute Gasteiger partial charge is 0.249 e. The molecule has 6 nitrogen and oxygen atoms in total. The zero-order valence-electron chi connectivity index (χ0n) is 9.29. The molecule has 1 heterocycles.